The van der Waals surface area contributed by atoms with E-state index in [4.69, 9.17) is 35.9 Å². The number of piperazine rings is 3. The second-order valence-corrected chi connectivity index (χ2v) is 37.4. The van der Waals surface area contributed by atoms with Crippen molar-refractivity contribution in [3.05, 3.63) is 12.2 Å². The molecule has 21 saturated heterocycles. The average Bonchev–Trinajstić information content (AvgIpc) is 1.71. The Labute approximate surface area is 853 Å². The number of nitrogens with one attached hydrogen (secondary N) is 27. The van der Waals surface area contributed by atoms with Gasteiger partial charge >= 0.3 is 12.1 Å². The maximum Gasteiger partial charge on any atom is 0.321 e. The molecule has 0 aromatic heterocycles. The number of hydrazone groups is 1. The van der Waals surface area contributed by atoms with Gasteiger partial charge in [-0.1, -0.05) is 18.6 Å². The van der Waals surface area contributed by atoms with Crippen molar-refractivity contribution >= 4 is 110 Å². The molecular weight excluding hydrogens is 1900 g/mol. The Bertz CT molecular complexity index is 3030. The average molecular weight is 2080 g/mol. The Morgan fingerprint density at radius 1 is 0.287 bits per heavy atom. The molecule has 23 aliphatic rings. The van der Waals surface area contributed by atoms with Crippen molar-refractivity contribution in [3.63, 3.8) is 0 Å². The lowest BCUT2D eigenvalue weighted by atomic mass is 10.1. The summed E-state index contributed by atoms with van der Waals surface area (Å²) in [6.45, 7) is 48.0. The van der Waals surface area contributed by atoms with Crippen molar-refractivity contribution in [2.45, 2.75) is 187 Å². The van der Waals surface area contributed by atoms with Crippen LogP contribution in [0.15, 0.2) is 17.3 Å². The minimum atomic E-state index is -2.65. The first kappa shape index (κ1) is 133. The lowest BCUT2D eigenvalue weighted by Crippen LogP contribution is -2.48. The molecule has 0 atom stereocenters. The number of amides is 15. The molecule has 0 spiro atoms. The molecule has 21 fully saturated rings. The third-order valence-corrected chi connectivity index (χ3v) is 22.6. The fourth-order valence-electron chi connectivity index (χ4n) is 12.3. The number of hydrazine groups is 2. The summed E-state index contributed by atoms with van der Waals surface area (Å²) in [5, 5.41) is 65.3. The summed E-state index contributed by atoms with van der Waals surface area (Å²) in [5.41, 5.74) is 14.3. The number of carbonyl (C=O) groups excluding carboxylic acids is 13. The molecule has 23 rings (SSSR count). The highest BCUT2D eigenvalue weighted by Crippen LogP contribution is 2.20. The van der Waals surface area contributed by atoms with Crippen LogP contribution in [-0.4, -0.2) is 407 Å². The number of thiocarbonyl (C=S) groups is 1. The van der Waals surface area contributed by atoms with E-state index in [0.29, 0.717) is 75.2 Å². The molecule has 51 heteroatoms. The summed E-state index contributed by atoms with van der Waals surface area (Å²) in [6.07, 6.45) is 32.5. The molecule has 0 bridgehead atoms. The van der Waals surface area contributed by atoms with Crippen LogP contribution < -0.4 is 144 Å². The van der Waals surface area contributed by atoms with Gasteiger partial charge in [-0.25, -0.2) is 23.4 Å². The van der Waals surface area contributed by atoms with Crippen LogP contribution in [0, 0.1) is 0 Å². The largest absolute Gasteiger partial charge is 0.381 e. The topological polar surface area (TPSA) is 642 Å². The van der Waals surface area contributed by atoms with Gasteiger partial charge in [0.1, 0.15) is 0 Å². The molecule has 23 heterocycles. The first-order valence-electron chi connectivity index (χ1n) is 51.5. The van der Waals surface area contributed by atoms with Crippen LogP contribution in [0.2, 0.25) is 0 Å². The fraction of sp³-hybridized carbons (Fsp3) is 0.815. The van der Waals surface area contributed by atoms with Gasteiger partial charge < -0.3 is 119 Å². The molecule has 0 saturated carbocycles. The number of hydrogen-bond donors (Lipinski definition) is 27. The molecule has 49 nitrogen and oxygen atoms in total. The van der Waals surface area contributed by atoms with Crippen molar-refractivity contribution < 1.29 is 94.4 Å². The Kier molecular flexibility index (Phi) is 90.0. The van der Waals surface area contributed by atoms with Crippen LogP contribution in [0.25, 0.3) is 0 Å². The van der Waals surface area contributed by atoms with Crippen LogP contribution in [0.3, 0.4) is 0 Å². The van der Waals surface area contributed by atoms with E-state index in [1.54, 1.807) is 0 Å². The van der Waals surface area contributed by atoms with Crippen LogP contribution >= 0.6 is 12.2 Å². The molecule has 0 aliphatic carbocycles. The molecular formula is C92H181N29O20S2. The van der Waals surface area contributed by atoms with Crippen LogP contribution in [0.5, 0.6) is 0 Å². The van der Waals surface area contributed by atoms with Gasteiger partial charge in [0.25, 0.3) is 0 Å². The summed E-state index contributed by atoms with van der Waals surface area (Å²) < 4.78 is 46.1. The van der Waals surface area contributed by atoms with Gasteiger partial charge in [0, 0.05) is 240 Å². The van der Waals surface area contributed by atoms with Gasteiger partial charge in [-0.3, -0.25) is 101 Å². The van der Waals surface area contributed by atoms with Gasteiger partial charge in [-0.2, -0.15) is 5.10 Å². The minimum Gasteiger partial charge on any atom is -0.381 e. The van der Waals surface area contributed by atoms with E-state index in [2.05, 4.69) is 182 Å². The predicted molar refractivity (Wildman–Crippen MR) is 556 cm³/mol. The normalized spacial score (nSPS) is 22.1. The van der Waals surface area contributed by atoms with E-state index in [1.807, 2.05) is 11.5 Å². The highest BCUT2D eigenvalue weighted by Gasteiger charge is 2.29. The first-order chi connectivity index (χ1) is 69.3. The maximum absolute atomic E-state index is 10.6. The number of nitrogens with zero attached hydrogens (tertiary/aromatic N) is 2. The number of rotatable bonds is 0. The molecule has 15 amide bonds. The SMILES string of the molecule is C1=CCNCC1.C1=NNCC1.C1CCNC1.C1CCNCC1.C1CCOC1.C1CCOCC1.C1CNC1.C1CNCCN1.C1CNNC1.C1COCCN1.C1COCCO1.CC(C)(C)N1CC1.O=C1CCC(=O)N1.O=C1CCCC(=O)N1.O=C1CCCCN1.O=C1CCCN1.O=C1CCNN1.O=C1CNC(=O)N1.O=C1CNCC(=O)N1.O=C1CNCCN1.O=C1NCCN1.O=S1(=O)CCNCC1.S=C1NCCN1. The Hall–Kier alpha value is -8.40. The maximum atomic E-state index is 10.6. The molecule has 826 valence electrons. The fourth-order valence-corrected chi connectivity index (χ4v) is 13.6. The third kappa shape index (κ3) is 99.4. The number of piperidine rings is 3. The summed E-state index contributed by atoms with van der Waals surface area (Å²) in [7, 11) is -2.65. The zero-order valence-electron chi connectivity index (χ0n) is 85.8. The highest BCUT2D eigenvalue weighted by molar-refractivity contribution is 7.91. The van der Waals surface area contributed by atoms with Gasteiger partial charge in [-0.05, 0) is 182 Å². The van der Waals surface area contributed by atoms with E-state index in [-0.39, 0.29) is 90.6 Å². The van der Waals surface area contributed by atoms with Gasteiger partial charge in [0.2, 0.25) is 65.0 Å². The van der Waals surface area contributed by atoms with E-state index < -0.39 is 15.9 Å². The number of morpholine rings is 1. The van der Waals surface area contributed by atoms with Crippen LogP contribution in [0.1, 0.15) is 181 Å². The summed E-state index contributed by atoms with van der Waals surface area (Å²) >= 11 is 4.70. The zero-order chi connectivity index (χ0) is 104. The van der Waals surface area contributed by atoms with Crippen LogP contribution in [0.4, 0.5) is 9.59 Å². The lowest BCUT2D eigenvalue weighted by molar-refractivity contribution is -0.134. The molecule has 27 N–H and O–H groups in total. The Balaban J connectivity index is 0.000000748. The minimum absolute atomic E-state index is 0.0463. The third-order valence-electron chi connectivity index (χ3n) is 20.6. The molecule has 143 heavy (non-hydrogen) atoms. The number of urea groups is 2. The molecule has 0 aromatic carbocycles. The Morgan fingerprint density at radius 2 is 0.706 bits per heavy atom. The van der Waals surface area contributed by atoms with Crippen molar-refractivity contribution in [1.29, 1.82) is 0 Å². The van der Waals surface area contributed by atoms with Crippen molar-refractivity contribution in [2.24, 2.45) is 5.10 Å². The smallest absolute Gasteiger partial charge is 0.321 e. The quantitative estimate of drug-likeness (QED) is 0.0355. The van der Waals surface area contributed by atoms with Crippen molar-refractivity contribution in [3.8, 4) is 0 Å². The van der Waals surface area contributed by atoms with Gasteiger partial charge in [-0.15, -0.1) is 0 Å². The molecule has 23 aliphatic heterocycles. The molecule has 0 unspecified atom stereocenters. The second-order valence-electron chi connectivity index (χ2n) is 34.7. The number of ether oxygens (including phenoxy) is 5. The number of hydrogen-bond acceptors (Lipinski definition) is 37. The van der Waals surface area contributed by atoms with Crippen molar-refractivity contribution in [1.82, 2.24) is 149 Å². The van der Waals surface area contributed by atoms with E-state index in [1.165, 1.54) is 136 Å². The molecule has 0 aromatic rings. The van der Waals surface area contributed by atoms with Gasteiger partial charge in [0.05, 0.1) is 77.3 Å². The Morgan fingerprint density at radius 3 is 0.888 bits per heavy atom. The highest BCUT2D eigenvalue weighted by atomic mass is 32.2. The summed E-state index contributed by atoms with van der Waals surface area (Å²) in [4.78, 5) is 135. The van der Waals surface area contributed by atoms with E-state index in [9.17, 15) is 70.7 Å². The standard InChI is InChI=1S/C6H13N.C5H7NO2.C5H9NO.C5H11N.C5H9N.C5H10O.C4H6N2O2.C4H8N2O.C4H10N2.C4H9NO2S.C4H5NO2.C4H9NO.C4H7NO.C4H9N.C4H8O2.C4H8O.C3H4N2O2.2C3H6N2O.C3H6N2S.C3H8N2.C3H6N2.C3H7N/c1-6(2,3)7-4-5-7;7-4-2-1-3-5(8)6-4;7-5-3-1-2-4-6-5;3*1-2-4-6-5-3-1;7-3-1-5-2-4(8)6-3;7-4-3-5-1-2-6-4;1-2-6-4-3-5-1;6-8(7)3-1-5-2-4-8;6-3-1-2-4(7)5-3;1-3-6-4-2-5-1;6-4-2-1-3-5-4;1-2-4-5-3-1;1-2-6-4-3-5-1;1-2-4-5-3-1;6-2-1-4-3(7)5-2;6-3-4-1-2-5-3;6-3-1-2-4-5-3;6-3-4-1-2-5-3;2*1-2-4-5-3-1;1-2-4-3-1/h4-5H2,1-3H3;1-3H2,(H,6,7,8);1-4H2,(H,6,7);6H,1-5H2;1-2,6H,3-5H2;1-5H2;5H,1-2H2,(H,6,7,8);5H,1-3H2,(H,6,7);5-6H,1-4H2;5H,1-4H2;1-2H2,(H,5,6,7);5H,1-4H2;1-3H2,(H,5,6);5H,1-4H2;1-4H2;1-4H2;1H2,(H2,4,5,6,7);1-2H2,(H2,4,5,6);4H,1-2H2,(H,5,6);1-2H2,(H2,4,5,6);4-5H,1-3H2;2,5H,1,3H2;4H,1-3H2. The van der Waals surface area contributed by atoms with E-state index >= 15 is 0 Å². The first-order valence-corrected chi connectivity index (χ1v) is 53.7. The van der Waals surface area contributed by atoms with E-state index in [0.717, 1.165) is 241 Å². The summed E-state index contributed by atoms with van der Waals surface area (Å²) in [5.74, 6) is -0.0903. The number of sulfone groups is 1. The lowest BCUT2D eigenvalue weighted by Gasteiger charge is -2.18. The predicted octanol–water partition coefficient (Wildman–Crippen LogP) is -5.04. The summed E-state index contributed by atoms with van der Waals surface area (Å²) in [6, 6.07) is -0.444. The monoisotopic (exact) mass is 2080 g/mol. The number of carbonyl (C=O) groups is 13. The van der Waals surface area contributed by atoms with Crippen LogP contribution in [-0.2, 0) is 86.3 Å². The molecule has 0 radical (unpaired) electrons. The zero-order valence-corrected chi connectivity index (χ0v) is 87.4. The number of imide groups is 4. The van der Waals surface area contributed by atoms with Gasteiger partial charge in [0.15, 0.2) is 14.9 Å². The second kappa shape index (κ2) is 97.0. The van der Waals surface area contributed by atoms with Crippen molar-refractivity contribution in [2.75, 3.05) is 300 Å².